The molecule has 2 amide bonds. The van der Waals surface area contributed by atoms with E-state index in [1.165, 1.54) is 11.6 Å². The van der Waals surface area contributed by atoms with Crippen LogP contribution >= 0.6 is 0 Å². The van der Waals surface area contributed by atoms with E-state index < -0.39 is 0 Å². The highest BCUT2D eigenvalue weighted by molar-refractivity contribution is 5.91. The highest BCUT2D eigenvalue weighted by atomic mass is 16.2. The Hall–Kier alpha value is -3.16. The Bertz CT molecular complexity index is 1140. The summed E-state index contributed by atoms with van der Waals surface area (Å²) >= 11 is 0. The zero-order chi connectivity index (χ0) is 26.0. The Morgan fingerprint density at radius 1 is 1.17 bits per heavy atom. The van der Waals surface area contributed by atoms with E-state index in [0.29, 0.717) is 24.2 Å². The van der Waals surface area contributed by atoms with E-state index in [0.717, 1.165) is 55.7 Å². The van der Waals surface area contributed by atoms with Crippen LogP contribution in [0, 0.1) is 11.3 Å². The van der Waals surface area contributed by atoms with Crippen LogP contribution in [0.15, 0.2) is 30.9 Å². The Labute approximate surface area is 214 Å². The zero-order valence-corrected chi connectivity index (χ0v) is 22.3. The van der Waals surface area contributed by atoms with Gasteiger partial charge in [0.05, 0.1) is 5.52 Å². The molecule has 0 bridgehead atoms. The molecular formula is C28H40N6O2. The molecule has 1 spiro atoms. The average Bonchev–Trinajstić information content (AvgIpc) is 3.27. The molecule has 2 aromatic rings. The van der Waals surface area contributed by atoms with Crippen molar-refractivity contribution < 1.29 is 9.59 Å². The van der Waals surface area contributed by atoms with Crippen molar-refractivity contribution in [2.45, 2.75) is 58.9 Å². The Morgan fingerprint density at radius 2 is 1.92 bits per heavy atom. The summed E-state index contributed by atoms with van der Waals surface area (Å²) < 4.78 is 0. The van der Waals surface area contributed by atoms with Gasteiger partial charge in [-0.15, -0.1) is 0 Å². The number of nitrogens with zero attached hydrogens (tertiary/aromatic N) is 4. The molecule has 1 unspecified atom stereocenters. The Kier molecular flexibility index (Phi) is 7.52. The summed E-state index contributed by atoms with van der Waals surface area (Å²) in [5, 5.41) is 7.32. The van der Waals surface area contributed by atoms with Gasteiger partial charge in [-0.1, -0.05) is 40.3 Å². The van der Waals surface area contributed by atoms with E-state index in [1.807, 2.05) is 4.90 Å². The molecule has 0 aliphatic carbocycles. The topological polar surface area (TPSA) is 90.5 Å². The molecule has 8 nitrogen and oxygen atoms in total. The molecule has 2 fully saturated rings. The number of nitrogens with one attached hydrogen (secondary N) is 2. The highest BCUT2D eigenvalue weighted by Crippen LogP contribution is 2.41. The van der Waals surface area contributed by atoms with E-state index in [4.69, 9.17) is 9.97 Å². The minimum atomic E-state index is -0.0318. The summed E-state index contributed by atoms with van der Waals surface area (Å²) in [6.45, 7) is 15.5. The normalized spacial score (nSPS) is 17.5. The second-order valence-corrected chi connectivity index (χ2v) is 11.2. The minimum Gasteiger partial charge on any atom is -0.366 e. The van der Waals surface area contributed by atoms with E-state index in [-0.39, 0.29) is 23.3 Å². The lowest BCUT2D eigenvalue weighted by Gasteiger charge is -2.47. The van der Waals surface area contributed by atoms with E-state index >= 15 is 0 Å². The number of benzene rings is 1. The van der Waals surface area contributed by atoms with Crippen molar-refractivity contribution in [1.29, 1.82) is 0 Å². The number of likely N-dealkylation sites (tertiary alicyclic amines) is 1. The Balaban J connectivity index is 1.65. The van der Waals surface area contributed by atoms with Gasteiger partial charge in [0.1, 0.15) is 5.82 Å². The van der Waals surface area contributed by atoms with E-state index in [2.05, 4.69) is 68.0 Å². The van der Waals surface area contributed by atoms with Gasteiger partial charge in [0.25, 0.3) is 0 Å². The quantitative estimate of drug-likeness (QED) is 0.516. The van der Waals surface area contributed by atoms with Crippen LogP contribution < -0.4 is 15.5 Å². The third kappa shape index (κ3) is 5.47. The third-order valence-electron chi connectivity index (χ3n) is 7.44. The highest BCUT2D eigenvalue weighted by Gasteiger charge is 2.49. The largest absolute Gasteiger partial charge is 0.366 e. The molecule has 1 atom stereocenters. The van der Waals surface area contributed by atoms with Crippen molar-refractivity contribution in [1.82, 2.24) is 20.2 Å². The fourth-order valence-corrected chi connectivity index (χ4v) is 5.44. The molecule has 2 N–H and O–H groups in total. The van der Waals surface area contributed by atoms with E-state index in [9.17, 15) is 9.59 Å². The number of aromatic nitrogens is 2. The summed E-state index contributed by atoms with van der Waals surface area (Å²) in [5.41, 5.74) is 2.25. The fourth-order valence-electron chi connectivity index (χ4n) is 5.44. The van der Waals surface area contributed by atoms with Crippen LogP contribution in [0.1, 0.15) is 58.4 Å². The van der Waals surface area contributed by atoms with Gasteiger partial charge in [-0.25, -0.2) is 4.98 Å². The standard InChI is InChI=1S/C28H40N6O2/c1-7-25(36)34-16-28(17-34)10-11-33(15-28)27-31-23-13-20(19(4)5)8-9-22(23)26(32-27)30-21(12-18(2)3)14-24(35)29-6/h7-9,13,18-19,21H,1,10-12,14-17H2,2-6H3,(H,29,35)(H,30,31,32). The number of rotatable bonds is 9. The molecule has 3 heterocycles. The first-order chi connectivity index (χ1) is 17.1. The number of fused-ring (bicyclic) bond motifs is 1. The molecule has 2 saturated heterocycles. The van der Waals surface area contributed by atoms with Crippen molar-refractivity contribution in [3.8, 4) is 0 Å². The summed E-state index contributed by atoms with van der Waals surface area (Å²) in [7, 11) is 1.67. The van der Waals surface area contributed by atoms with Crippen LogP contribution in [0.3, 0.4) is 0 Å². The molecule has 4 rings (SSSR count). The van der Waals surface area contributed by atoms with Crippen LogP contribution in [0.4, 0.5) is 11.8 Å². The molecule has 8 heteroatoms. The lowest BCUT2D eigenvalue weighted by atomic mass is 9.79. The number of anilines is 2. The Morgan fingerprint density at radius 3 is 2.56 bits per heavy atom. The predicted octanol–water partition coefficient (Wildman–Crippen LogP) is 3.94. The predicted molar refractivity (Wildman–Crippen MR) is 145 cm³/mol. The average molecular weight is 493 g/mol. The summed E-state index contributed by atoms with van der Waals surface area (Å²) in [6, 6.07) is 6.36. The lowest BCUT2D eigenvalue weighted by Crippen LogP contribution is -2.59. The van der Waals surface area contributed by atoms with Crippen LogP contribution in [-0.4, -0.2) is 66.0 Å². The van der Waals surface area contributed by atoms with Gasteiger partial charge < -0.3 is 20.4 Å². The summed E-state index contributed by atoms with van der Waals surface area (Å²) in [6.07, 6.45) is 3.65. The van der Waals surface area contributed by atoms with Crippen molar-refractivity contribution in [2.75, 3.05) is 43.4 Å². The number of amides is 2. The van der Waals surface area contributed by atoms with E-state index in [1.54, 1.807) is 7.05 Å². The van der Waals surface area contributed by atoms with Gasteiger partial charge in [-0.05, 0) is 48.4 Å². The number of carbonyl (C=O) groups is 2. The van der Waals surface area contributed by atoms with Crippen molar-refractivity contribution in [2.24, 2.45) is 11.3 Å². The third-order valence-corrected chi connectivity index (χ3v) is 7.44. The van der Waals surface area contributed by atoms with Crippen LogP contribution in [0.25, 0.3) is 10.9 Å². The second-order valence-electron chi connectivity index (χ2n) is 11.2. The van der Waals surface area contributed by atoms with Crippen LogP contribution in [0.2, 0.25) is 0 Å². The minimum absolute atomic E-state index is 0.000965. The zero-order valence-electron chi connectivity index (χ0n) is 22.3. The van der Waals surface area contributed by atoms with Gasteiger partial charge >= 0.3 is 0 Å². The first-order valence-electron chi connectivity index (χ1n) is 13.1. The summed E-state index contributed by atoms with van der Waals surface area (Å²) in [4.78, 5) is 38.3. The first kappa shape index (κ1) is 25.9. The maximum Gasteiger partial charge on any atom is 0.245 e. The maximum absolute atomic E-state index is 12.2. The smallest absolute Gasteiger partial charge is 0.245 e. The SMILES string of the molecule is C=CC(=O)N1CC2(CCN(c3nc(NC(CC(=O)NC)CC(C)C)c4ccc(C(C)C)cc4n3)C2)C1. The lowest BCUT2D eigenvalue weighted by molar-refractivity contribution is -0.136. The molecular weight excluding hydrogens is 452 g/mol. The number of carbonyl (C=O) groups excluding carboxylic acids is 2. The second kappa shape index (κ2) is 10.4. The van der Waals surface area contributed by atoms with Gasteiger partial charge in [0, 0.05) is 56.5 Å². The number of hydrogen-bond donors (Lipinski definition) is 2. The molecule has 1 aromatic heterocycles. The number of hydrogen-bond acceptors (Lipinski definition) is 6. The van der Waals surface area contributed by atoms with Crippen LogP contribution in [-0.2, 0) is 9.59 Å². The van der Waals surface area contributed by atoms with Crippen molar-refractivity contribution >= 4 is 34.5 Å². The van der Waals surface area contributed by atoms with Gasteiger partial charge in [-0.2, -0.15) is 4.98 Å². The first-order valence-corrected chi connectivity index (χ1v) is 13.1. The maximum atomic E-state index is 12.2. The van der Waals surface area contributed by atoms with Gasteiger partial charge in [0.15, 0.2) is 0 Å². The summed E-state index contributed by atoms with van der Waals surface area (Å²) in [5.74, 6) is 2.33. The molecule has 0 saturated carbocycles. The van der Waals surface area contributed by atoms with Crippen molar-refractivity contribution in [3.63, 3.8) is 0 Å². The van der Waals surface area contributed by atoms with Crippen molar-refractivity contribution in [3.05, 3.63) is 36.4 Å². The molecule has 1 aromatic carbocycles. The molecule has 2 aliphatic rings. The van der Waals surface area contributed by atoms with Gasteiger partial charge in [-0.3, -0.25) is 9.59 Å². The molecule has 36 heavy (non-hydrogen) atoms. The fraction of sp³-hybridized carbons (Fsp3) is 0.571. The molecule has 0 radical (unpaired) electrons. The monoisotopic (exact) mass is 492 g/mol. The molecule has 194 valence electrons. The molecule has 2 aliphatic heterocycles. The van der Waals surface area contributed by atoms with Gasteiger partial charge in [0.2, 0.25) is 17.8 Å². The van der Waals surface area contributed by atoms with Crippen LogP contribution in [0.5, 0.6) is 0 Å².